The van der Waals surface area contributed by atoms with E-state index in [1.165, 1.54) is 12.8 Å². The van der Waals surface area contributed by atoms with Gasteiger partial charge in [-0.3, -0.25) is 0 Å². The molecule has 1 amide bonds. The van der Waals surface area contributed by atoms with Crippen LogP contribution in [0.25, 0.3) is 0 Å². The van der Waals surface area contributed by atoms with Gasteiger partial charge in [0.15, 0.2) is 0 Å². The Bertz CT molecular complexity index is 281. The van der Waals surface area contributed by atoms with Crippen LogP contribution in [-0.4, -0.2) is 35.2 Å². The fourth-order valence-corrected chi connectivity index (χ4v) is 2.15. The predicted octanol–water partition coefficient (Wildman–Crippen LogP) is 1.73. The summed E-state index contributed by atoms with van der Waals surface area (Å²) >= 11 is 0. The van der Waals surface area contributed by atoms with Gasteiger partial charge in [0.05, 0.1) is 6.04 Å². The maximum atomic E-state index is 11.8. The summed E-state index contributed by atoms with van der Waals surface area (Å²) < 4.78 is 5.35. The van der Waals surface area contributed by atoms with Gasteiger partial charge in [-0.25, -0.2) is 4.79 Å². The Morgan fingerprint density at radius 3 is 2.38 bits per heavy atom. The third-order valence-corrected chi connectivity index (χ3v) is 3.30. The Balaban J connectivity index is 1.87. The zero-order valence-electron chi connectivity index (χ0n) is 10.4. The quantitative estimate of drug-likeness (QED) is 0.780. The van der Waals surface area contributed by atoms with Crippen LogP contribution in [0, 0.1) is 5.92 Å². The smallest absolute Gasteiger partial charge is 0.410 e. The first-order valence-corrected chi connectivity index (χ1v) is 6.14. The van der Waals surface area contributed by atoms with Gasteiger partial charge in [-0.1, -0.05) is 0 Å². The van der Waals surface area contributed by atoms with Crippen LogP contribution < -0.4 is 5.73 Å². The van der Waals surface area contributed by atoms with Gasteiger partial charge in [0.2, 0.25) is 0 Å². The number of amides is 1. The molecule has 2 rings (SSSR count). The third-order valence-electron chi connectivity index (χ3n) is 3.30. The van der Waals surface area contributed by atoms with Gasteiger partial charge in [0.1, 0.15) is 5.60 Å². The van der Waals surface area contributed by atoms with Crippen molar-refractivity contribution in [1.82, 2.24) is 4.90 Å². The minimum Gasteiger partial charge on any atom is -0.444 e. The molecule has 0 spiro atoms. The van der Waals surface area contributed by atoms with Crippen LogP contribution in [-0.2, 0) is 4.74 Å². The summed E-state index contributed by atoms with van der Waals surface area (Å²) in [4.78, 5) is 13.6. The Kier molecular flexibility index (Phi) is 2.86. The fourth-order valence-electron chi connectivity index (χ4n) is 2.15. The third kappa shape index (κ3) is 2.48. The first kappa shape index (κ1) is 11.7. The topological polar surface area (TPSA) is 55.6 Å². The second-order valence-electron chi connectivity index (χ2n) is 5.94. The zero-order chi connectivity index (χ0) is 11.9. The van der Waals surface area contributed by atoms with E-state index < -0.39 is 5.60 Å². The van der Waals surface area contributed by atoms with E-state index in [0.717, 1.165) is 13.0 Å². The average Bonchev–Trinajstić information content (AvgIpc) is 2.78. The monoisotopic (exact) mass is 226 g/mol. The number of hydrogen-bond donors (Lipinski definition) is 1. The van der Waals surface area contributed by atoms with Crippen molar-refractivity contribution in [3.8, 4) is 0 Å². The van der Waals surface area contributed by atoms with Crippen molar-refractivity contribution in [3.63, 3.8) is 0 Å². The van der Waals surface area contributed by atoms with Crippen LogP contribution in [0.4, 0.5) is 4.79 Å². The van der Waals surface area contributed by atoms with Crippen molar-refractivity contribution in [1.29, 1.82) is 0 Å². The van der Waals surface area contributed by atoms with Crippen LogP contribution in [0.1, 0.15) is 40.0 Å². The highest BCUT2D eigenvalue weighted by atomic mass is 16.6. The highest BCUT2D eigenvalue weighted by Crippen LogP contribution is 2.37. The molecule has 0 aromatic heterocycles. The van der Waals surface area contributed by atoms with E-state index in [-0.39, 0.29) is 18.2 Å². The van der Waals surface area contributed by atoms with Crippen LogP contribution in [0.3, 0.4) is 0 Å². The van der Waals surface area contributed by atoms with Crippen molar-refractivity contribution in [2.24, 2.45) is 11.7 Å². The molecule has 1 saturated carbocycles. The number of carbonyl (C=O) groups is 1. The molecule has 1 aliphatic heterocycles. The van der Waals surface area contributed by atoms with Gasteiger partial charge in [-0.05, 0) is 46.0 Å². The lowest BCUT2D eigenvalue weighted by atomic mass is 9.93. The Morgan fingerprint density at radius 2 is 2.00 bits per heavy atom. The lowest BCUT2D eigenvalue weighted by Crippen LogP contribution is -2.60. The molecule has 1 aliphatic carbocycles. The highest BCUT2D eigenvalue weighted by Gasteiger charge is 2.44. The molecular formula is C12H22N2O2. The number of nitrogens with zero attached hydrogens (tertiary/aromatic N) is 1. The maximum absolute atomic E-state index is 11.8. The van der Waals surface area contributed by atoms with Crippen LogP contribution in [0.15, 0.2) is 0 Å². The van der Waals surface area contributed by atoms with Gasteiger partial charge < -0.3 is 15.4 Å². The summed E-state index contributed by atoms with van der Waals surface area (Å²) in [5.41, 5.74) is 5.71. The van der Waals surface area contributed by atoms with E-state index >= 15 is 0 Å². The summed E-state index contributed by atoms with van der Waals surface area (Å²) in [5, 5.41) is 0. The largest absolute Gasteiger partial charge is 0.444 e. The van der Waals surface area contributed by atoms with E-state index in [0.29, 0.717) is 5.92 Å². The molecule has 2 unspecified atom stereocenters. The van der Waals surface area contributed by atoms with E-state index in [9.17, 15) is 4.79 Å². The molecule has 0 aromatic carbocycles. The molecule has 0 radical (unpaired) electrons. The van der Waals surface area contributed by atoms with Crippen molar-refractivity contribution in [2.45, 2.75) is 57.7 Å². The molecular weight excluding hydrogens is 204 g/mol. The second kappa shape index (κ2) is 3.91. The molecule has 4 heteroatoms. The molecule has 2 atom stereocenters. The van der Waals surface area contributed by atoms with Crippen LogP contribution in [0.5, 0.6) is 0 Å². The van der Waals surface area contributed by atoms with Crippen molar-refractivity contribution < 1.29 is 9.53 Å². The minimum atomic E-state index is -0.416. The number of nitrogens with two attached hydrogens (primary N) is 1. The lowest BCUT2D eigenvalue weighted by molar-refractivity contribution is -0.0115. The van der Waals surface area contributed by atoms with Gasteiger partial charge in [-0.15, -0.1) is 0 Å². The van der Waals surface area contributed by atoms with E-state index in [1.54, 1.807) is 4.90 Å². The van der Waals surface area contributed by atoms with Gasteiger partial charge in [0.25, 0.3) is 0 Å². The Labute approximate surface area is 97.1 Å². The number of rotatable bonds is 2. The van der Waals surface area contributed by atoms with E-state index in [2.05, 4.69) is 0 Å². The Hall–Kier alpha value is -0.770. The van der Waals surface area contributed by atoms with Gasteiger partial charge >= 0.3 is 6.09 Å². The summed E-state index contributed by atoms with van der Waals surface area (Å²) in [6, 6.07) is 0.364. The number of carbonyl (C=O) groups excluding carboxylic acids is 1. The van der Waals surface area contributed by atoms with Crippen LogP contribution in [0.2, 0.25) is 0 Å². The van der Waals surface area contributed by atoms with Crippen molar-refractivity contribution >= 4 is 6.09 Å². The first-order chi connectivity index (χ1) is 7.38. The number of likely N-dealkylation sites (tertiary alicyclic amines) is 1. The predicted molar refractivity (Wildman–Crippen MR) is 62.0 cm³/mol. The molecule has 0 aromatic rings. The molecule has 2 N–H and O–H groups in total. The fraction of sp³-hybridized carbons (Fsp3) is 0.917. The standard InChI is InChI=1S/C12H22N2O2/c1-12(2,3)16-11(15)14-7-6-9(14)10(13)8-4-5-8/h8-10H,4-7,13H2,1-3H3. The zero-order valence-corrected chi connectivity index (χ0v) is 10.4. The molecule has 2 fully saturated rings. The summed E-state index contributed by atoms with van der Waals surface area (Å²) in [6.07, 6.45) is 3.26. The second-order valence-corrected chi connectivity index (χ2v) is 5.94. The summed E-state index contributed by atoms with van der Waals surface area (Å²) in [7, 11) is 0. The molecule has 0 bridgehead atoms. The average molecular weight is 226 g/mol. The summed E-state index contributed by atoms with van der Waals surface area (Å²) in [5.74, 6) is 0.634. The van der Waals surface area contributed by atoms with Crippen molar-refractivity contribution in [3.05, 3.63) is 0 Å². The molecule has 1 saturated heterocycles. The van der Waals surface area contributed by atoms with E-state index in [1.807, 2.05) is 20.8 Å². The van der Waals surface area contributed by atoms with Crippen LogP contribution >= 0.6 is 0 Å². The number of hydrogen-bond acceptors (Lipinski definition) is 3. The van der Waals surface area contributed by atoms with E-state index in [4.69, 9.17) is 10.5 Å². The van der Waals surface area contributed by atoms with Gasteiger partial charge in [0, 0.05) is 12.6 Å². The molecule has 1 heterocycles. The Morgan fingerprint density at radius 1 is 1.38 bits per heavy atom. The molecule has 16 heavy (non-hydrogen) atoms. The van der Waals surface area contributed by atoms with Crippen molar-refractivity contribution in [2.75, 3.05) is 6.54 Å². The number of ether oxygens (including phenoxy) is 1. The van der Waals surface area contributed by atoms with Gasteiger partial charge in [-0.2, -0.15) is 0 Å². The first-order valence-electron chi connectivity index (χ1n) is 6.14. The molecule has 4 nitrogen and oxygen atoms in total. The summed E-state index contributed by atoms with van der Waals surface area (Å²) in [6.45, 7) is 6.46. The minimum absolute atomic E-state index is 0.154. The molecule has 92 valence electrons. The molecule has 2 aliphatic rings. The maximum Gasteiger partial charge on any atom is 0.410 e. The normalized spacial score (nSPS) is 27.2. The highest BCUT2D eigenvalue weighted by molar-refractivity contribution is 5.69. The lowest BCUT2D eigenvalue weighted by Gasteiger charge is -2.44. The SMILES string of the molecule is CC(C)(C)OC(=O)N1CCC1C(N)C1CC1.